The van der Waals surface area contributed by atoms with E-state index in [-0.39, 0.29) is 11.8 Å². The molecule has 2 aromatic rings. The molecule has 0 radical (unpaired) electrons. The molecular formula is C16H18N2OS. The van der Waals surface area contributed by atoms with Gasteiger partial charge in [0.2, 0.25) is 0 Å². The number of carbonyl (C=O) groups is 1. The number of aryl methyl sites for hydroxylation is 1. The van der Waals surface area contributed by atoms with Crippen LogP contribution in [0.1, 0.15) is 23.2 Å². The number of benzene rings is 1. The van der Waals surface area contributed by atoms with Crippen LogP contribution in [0.15, 0.2) is 30.3 Å². The summed E-state index contributed by atoms with van der Waals surface area (Å²) in [6.07, 6.45) is 2.39. The topological polar surface area (TPSA) is 42.0 Å². The van der Waals surface area contributed by atoms with Gasteiger partial charge in [0.25, 0.3) is 0 Å². The lowest BCUT2D eigenvalue weighted by Gasteiger charge is -2.25. The summed E-state index contributed by atoms with van der Waals surface area (Å²) in [4.78, 5) is 18.0. The molecule has 0 saturated carbocycles. The van der Waals surface area contributed by atoms with E-state index < -0.39 is 0 Å². The molecule has 3 rings (SSSR count). The van der Waals surface area contributed by atoms with Crippen LogP contribution in [0.2, 0.25) is 0 Å². The van der Waals surface area contributed by atoms with E-state index in [1.807, 2.05) is 18.2 Å². The first kappa shape index (κ1) is 13.5. The second kappa shape index (κ2) is 5.85. The number of Topliss-reactive ketones (excluding diaryl/α,β-unsaturated/α-hetero) is 1. The summed E-state index contributed by atoms with van der Waals surface area (Å²) in [6, 6.07) is 10.3. The standard InChI is InChI=1S/C16H18N2OS/c1-2-14-16(11-6-4-3-5-7-11)18-15(20-14)10-13(19)12-8-9-17-12/h3-7,12,17H,2,8-10H2,1H3/t12-/m0/s1. The van der Waals surface area contributed by atoms with Crippen molar-refractivity contribution in [1.82, 2.24) is 10.3 Å². The molecule has 1 fully saturated rings. The van der Waals surface area contributed by atoms with E-state index in [4.69, 9.17) is 4.98 Å². The predicted molar refractivity (Wildman–Crippen MR) is 82.0 cm³/mol. The van der Waals surface area contributed by atoms with Gasteiger partial charge < -0.3 is 5.32 Å². The fraction of sp³-hybridized carbons (Fsp3) is 0.375. The first-order valence-electron chi connectivity index (χ1n) is 7.08. The Morgan fingerprint density at radius 3 is 2.75 bits per heavy atom. The number of thiazole rings is 1. The Balaban J connectivity index is 1.83. The minimum atomic E-state index is 0.0594. The van der Waals surface area contributed by atoms with Crippen molar-refractivity contribution < 1.29 is 4.79 Å². The second-order valence-electron chi connectivity index (χ2n) is 5.04. The molecular weight excluding hydrogens is 268 g/mol. The number of hydrogen-bond donors (Lipinski definition) is 1. The number of nitrogens with zero attached hydrogens (tertiary/aromatic N) is 1. The maximum Gasteiger partial charge on any atom is 0.156 e. The molecule has 4 heteroatoms. The van der Waals surface area contributed by atoms with Crippen LogP contribution < -0.4 is 5.32 Å². The van der Waals surface area contributed by atoms with Gasteiger partial charge in [0, 0.05) is 10.4 Å². The summed E-state index contributed by atoms with van der Waals surface area (Å²) < 4.78 is 0. The monoisotopic (exact) mass is 286 g/mol. The molecule has 1 aliphatic rings. The fourth-order valence-electron chi connectivity index (χ4n) is 2.37. The van der Waals surface area contributed by atoms with Crippen molar-refractivity contribution in [3.05, 3.63) is 40.2 Å². The largest absolute Gasteiger partial charge is 0.307 e. The van der Waals surface area contributed by atoms with Crippen LogP contribution in [0.3, 0.4) is 0 Å². The van der Waals surface area contributed by atoms with Gasteiger partial charge in [-0.1, -0.05) is 37.3 Å². The zero-order chi connectivity index (χ0) is 13.9. The molecule has 20 heavy (non-hydrogen) atoms. The number of carbonyl (C=O) groups excluding carboxylic acids is 1. The molecule has 0 spiro atoms. The van der Waals surface area contributed by atoms with Crippen molar-refractivity contribution in [2.45, 2.75) is 32.2 Å². The molecule has 1 saturated heterocycles. The van der Waals surface area contributed by atoms with Crippen molar-refractivity contribution in [2.24, 2.45) is 0 Å². The predicted octanol–water partition coefficient (Wildman–Crippen LogP) is 2.85. The van der Waals surface area contributed by atoms with E-state index in [9.17, 15) is 4.79 Å². The van der Waals surface area contributed by atoms with Crippen LogP contribution in [0.25, 0.3) is 11.3 Å². The van der Waals surface area contributed by atoms with E-state index in [0.717, 1.165) is 35.7 Å². The first-order valence-corrected chi connectivity index (χ1v) is 7.89. The SMILES string of the molecule is CCc1sc(CC(=O)[C@@H]2CCN2)nc1-c1ccccc1. The Labute approximate surface area is 123 Å². The highest BCUT2D eigenvalue weighted by molar-refractivity contribution is 7.12. The summed E-state index contributed by atoms with van der Waals surface area (Å²) in [6.45, 7) is 3.10. The van der Waals surface area contributed by atoms with Gasteiger partial charge in [-0.2, -0.15) is 0 Å². The van der Waals surface area contributed by atoms with E-state index in [1.54, 1.807) is 11.3 Å². The quantitative estimate of drug-likeness (QED) is 0.919. The van der Waals surface area contributed by atoms with Crippen molar-refractivity contribution >= 4 is 17.1 Å². The summed E-state index contributed by atoms with van der Waals surface area (Å²) in [5.41, 5.74) is 2.18. The van der Waals surface area contributed by atoms with E-state index in [2.05, 4.69) is 24.4 Å². The van der Waals surface area contributed by atoms with Crippen LogP contribution in [0.5, 0.6) is 0 Å². The molecule has 2 heterocycles. The first-order chi connectivity index (χ1) is 9.78. The summed E-state index contributed by atoms with van der Waals surface area (Å²) in [7, 11) is 0. The molecule has 0 unspecified atom stereocenters. The summed E-state index contributed by atoms with van der Waals surface area (Å²) in [5, 5.41) is 4.10. The smallest absolute Gasteiger partial charge is 0.156 e. The molecule has 1 aliphatic heterocycles. The van der Waals surface area contributed by atoms with Crippen LogP contribution in [0.4, 0.5) is 0 Å². The highest BCUT2D eigenvalue weighted by atomic mass is 32.1. The zero-order valence-electron chi connectivity index (χ0n) is 11.6. The van der Waals surface area contributed by atoms with E-state index >= 15 is 0 Å². The minimum Gasteiger partial charge on any atom is -0.307 e. The van der Waals surface area contributed by atoms with Crippen molar-refractivity contribution in [2.75, 3.05) is 6.54 Å². The lowest BCUT2D eigenvalue weighted by atomic mass is 10.0. The highest BCUT2D eigenvalue weighted by Gasteiger charge is 2.25. The minimum absolute atomic E-state index is 0.0594. The van der Waals surface area contributed by atoms with Crippen LogP contribution >= 0.6 is 11.3 Å². The van der Waals surface area contributed by atoms with Gasteiger partial charge in [0.15, 0.2) is 5.78 Å². The van der Waals surface area contributed by atoms with Crippen molar-refractivity contribution in [3.63, 3.8) is 0 Å². The number of aromatic nitrogens is 1. The maximum absolute atomic E-state index is 12.0. The summed E-state index contributed by atoms with van der Waals surface area (Å²) in [5.74, 6) is 0.271. The lowest BCUT2D eigenvalue weighted by Crippen LogP contribution is -2.49. The fourth-order valence-corrected chi connectivity index (χ4v) is 3.41. The van der Waals surface area contributed by atoms with Gasteiger partial charge in [-0.3, -0.25) is 4.79 Å². The van der Waals surface area contributed by atoms with Crippen LogP contribution in [-0.2, 0) is 17.6 Å². The van der Waals surface area contributed by atoms with Gasteiger partial charge in [0.05, 0.1) is 18.2 Å². The molecule has 1 atom stereocenters. The normalized spacial score (nSPS) is 17.8. The molecule has 0 bridgehead atoms. The molecule has 1 aromatic heterocycles. The molecule has 1 N–H and O–H groups in total. The van der Waals surface area contributed by atoms with Crippen LogP contribution in [0, 0.1) is 0 Å². The second-order valence-corrected chi connectivity index (χ2v) is 6.21. The van der Waals surface area contributed by atoms with Gasteiger partial charge in [-0.25, -0.2) is 4.98 Å². The number of ketones is 1. The van der Waals surface area contributed by atoms with Gasteiger partial charge >= 0.3 is 0 Å². The van der Waals surface area contributed by atoms with Gasteiger partial charge in [-0.05, 0) is 19.4 Å². The van der Waals surface area contributed by atoms with Crippen molar-refractivity contribution in [3.8, 4) is 11.3 Å². The third-order valence-electron chi connectivity index (χ3n) is 3.65. The Morgan fingerprint density at radius 2 is 2.15 bits per heavy atom. The van der Waals surface area contributed by atoms with Gasteiger partial charge in [-0.15, -0.1) is 11.3 Å². The zero-order valence-corrected chi connectivity index (χ0v) is 12.4. The number of rotatable bonds is 5. The Bertz CT molecular complexity index is 602. The molecule has 1 aromatic carbocycles. The molecule has 3 nitrogen and oxygen atoms in total. The molecule has 104 valence electrons. The third-order valence-corrected chi connectivity index (χ3v) is 4.85. The van der Waals surface area contributed by atoms with Crippen LogP contribution in [-0.4, -0.2) is 23.4 Å². The summed E-state index contributed by atoms with van der Waals surface area (Å²) >= 11 is 1.67. The maximum atomic E-state index is 12.0. The van der Waals surface area contributed by atoms with Crippen molar-refractivity contribution in [1.29, 1.82) is 0 Å². The number of nitrogens with one attached hydrogen (secondary N) is 1. The van der Waals surface area contributed by atoms with E-state index in [0.29, 0.717) is 6.42 Å². The molecule has 0 amide bonds. The average Bonchev–Trinajstić information content (AvgIpc) is 2.80. The Morgan fingerprint density at radius 1 is 1.40 bits per heavy atom. The third kappa shape index (κ3) is 2.67. The molecule has 0 aliphatic carbocycles. The Kier molecular flexibility index (Phi) is 3.94. The van der Waals surface area contributed by atoms with E-state index in [1.165, 1.54) is 4.88 Å². The Hall–Kier alpha value is -1.52. The number of hydrogen-bond acceptors (Lipinski definition) is 4. The highest BCUT2D eigenvalue weighted by Crippen LogP contribution is 2.29. The lowest BCUT2D eigenvalue weighted by molar-refractivity contribution is -0.121. The average molecular weight is 286 g/mol. The van der Waals surface area contributed by atoms with Gasteiger partial charge in [0.1, 0.15) is 5.01 Å².